The standard InChI is InChI=1S/C12H10N2OS2/c15-10-8-17-11(9-4-2-1-3-5-9)14(10)12-13-6-7-16-12/h1-7,11H,8H2. The van der Waals surface area contributed by atoms with Gasteiger partial charge in [-0.15, -0.1) is 23.1 Å². The van der Waals surface area contributed by atoms with Gasteiger partial charge in [-0.3, -0.25) is 9.69 Å². The van der Waals surface area contributed by atoms with E-state index in [1.165, 1.54) is 11.3 Å². The van der Waals surface area contributed by atoms with Crippen LogP contribution in [-0.4, -0.2) is 16.6 Å². The molecule has 0 spiro atoms. The number of hydrogen-bond acceptors (Lipinski definition) is 4. The third-order valence-corrected chi connectivity index (χ3v) is 4.56. The molecular weight excluding hydrogens is 252 g/mol. The minimum Gasteiger partial charge on any atom is -0.273 e. The summed E-state index contributed by atoms with van der Waals surface area (Å²) in [6.45, 7) is 0. The minimum absolute atomic E-state index is 0.0647. The van der Waals surface area contributed by atoms with Crippen LogP contribution in [0.3, 0.4) is 0 Å². The summed E-state index contributed by atoms with van der Waals surface area (Å²) in [7, 11) is 0. The summed E-state index contributed by atoms with van der Waals surface area (Å²) in [6, 6.07) is 10.1. The van der Waals surface area contributed by atoms with Gasteiger partial charge >= 0.3 is 0 Å². The van der Waals surface area contributed by atoms with E-state index in [-0.39, 0.29) is 11.3 Å². The first-order valence-electron chi connectivity index (χ1n) is 5.24. The molecule has 1 aromatic heterocycles. The van der Waals surface area contributed by atoms with E-state index in [1.54, 1.807) is 22.9 Å². The summed E-state index contributed by atoms with van der Waals surface area (Å²) < 4.78 is 0. The second kappa shape index (κ2) is 4.50. The van der Waals surface area contributed by atoms with E-state index in [1.807, 2.05) is 23.6 Å². The number of amides is 1. The van der Waals surface area contributed by atoms with Gasteiger partial charge in [-0.25, -0.2) is 4.98 Å². The van der Waals surface area contributed by atoms with Crippen molar-refractivity contribution in [2.75, 3.05) is 10.7 Å². The zero-order valence-electron chi connectivity index (χ0n) is 8.95. The Balaban J connectivity index is 1.98. The van der Waals surface area contributed by atoms with Crippen LogP contribution in [0.1, 0.15) is 10.9 Å². The Morgan fingerprint density at radius 1 is 1.29 bits per heavy atom. The van der Waals surface area contributed by atoms with Gasteiger partial charge in [-0.05, 0) is 5.56 Å². The molecule has 1 fully saturated rings. The first-order chi connectivity index (χ1) is 8.36. The molecule has 3 rings (SSSR count). The van der Waals surface area contributed by atoms with Crippen LogP contribution in [0, 0.1) is 0 Å². The topological polar surface area (TPSA) is 33.2 Å². The van der Waals surface area contributed by atoms with Crippen molar-refractivity contribution in [2.45, 2.75) is 5.37 Å². The van der Waals surface area contributed by atoms with E-state index in [2.05, 4.69) is 17.1 Å². The van der Waals surface area contributed by atoms with Crippen molar-refractivity contribution >= 4 is 34.1 Å². The molecular formula is C12H10N2OS2. The van der Waals surface area contributed by atoms with Gasteiger partial charge < -0.3 is 0 Å². The van der Waals surface area contributed by atoms with Crippen molar-refractivity contribution in [3.05, 3.63) is 47.5 Å². The van der Waals surface area contributed by atoms with Crippen LogP contribution in [0.15, 0.2) is 41.9 Å². The van der Waals surface area contributed by atoms with Gasteiger partial charge in [0.2, 0.25) is 5.91 Å². The van der Waals surface area contributed by atoms with Crippen LogP contribution in [0.2, 0.25) is 0 Å². The predicted octanol–water partition coefficient (Wildman–Crippen LogP) is 2.92. The van der Waals surface area contributed by atoms with Gasteiger partial charge in [0.15, 0.2) is 5.13 Å². The Bertz CT molecular complexity index is 513. The molecule has 1 atom stereocenters. The first-order valence-corrected chi connectivity index (χ1v) is 7.17. The van der Waals surface area contributed by atoms with E-state index in [0.717, 1.165) is 10.7 Å². The largest absolute Gasteiger partial charge is 0.273 e. The molecule has 5 heteroatoms. The highest BCUT2D eigenvalue weighted by Gasteiger charge is 2.35. The van der Waals surface area contributed by atoms with Crippen molar-refractivity contribution < 1.29 is 4.79 Å². The molecule has 3 nitrogen and oxygen atoms in total. The Morgan fingerprint density at radius 2 is 2.12 bits per heavy atom. The number of rotatable bonds is 2. The third-order valence-electron chi connectivity index (χ3n) is 2.58. The lowest BCUT2D eigenvalue weighted by atomic mass is 10.2. The van der Waals surface area contributed by atoms with Gasteiger partial charge in [-0.1, -0.05) is 30.3 Å². The van der Waals surface area contributed by atoms with Gasteiger partial charge in [0.1, 0.15) is 5.37 Å². The summed E-state index contributed by atoms with van der Waals surface area (Å²) in [5.41, 5.74) is 1.15. The average molecular weight is 262 g/mol. The predicted molar refractivity (Wildman–Crippen MR) is 71.2 cm³/mol. The monoisotopic (exact) mass is 262 g/mol. The average Bonchev–Trinajstić information content (AvgIpc) is 2.99. The fourth-order valence-corrected chi connectivity index (χ4v) is 3.74. The number of aromatic nitrogens is 1. The summed E-state index contributed by atoms with van der Waals surface area (Å²) >= 11 is 3.16. The number of hydrogen-bond donors (Lipinski definition) is 0. The number of thiazole rings is 1. The summed E-state index contributed by atoms with van der Waals surface area (Å²) in [6.07, 6.45) is 1.73. The van der Waals surface area contributed by atoms with Crippen molar-refractivity contribution in [1.29, 1.82) is 0 Å². The number of benzene rings is 1. The van der Waals surface area contributed by atoms with E-state index in [0.29, 0.717) is 5.75 Å². The van der Waals surface area contributed by atoms with E-state index >= 15 is 0 Å². The lowest BCUT2D eigenvalue weighted by Crippen LogP contribution is -2.27. The van der Waals surface area contributed by atoms with Crippen molar-refractivity contribution in [2.24, 2.45) is 0 Å². The molecule has 1 amide bonds. The fraction of sp³-hybridized carbons (Fsp3) is 0.167. The highest BCUT2D eigenvalue weighted by atomic mass is 32.2. The maximum Gasteiger partial charge on any atom is 0.240 e. The SMILES string of the molecule is O=C1CSC(c2ccccc2)N1c1nccs1. The number of carbonyl (C=O) groups is 1. The number of thioether (sulfide) groups is 1. The molecule has 17 heavy (non-hydrogen) atoms. The van der Waals surface area contributed by atoms with Crippen molar-refractivity contribution in [3.63, 3.8) is 0 Å². The van der Waals surface area contributed by atoms with Crippen LogP contribution in [-0.2, 0) is 4.79 Å². The molecule has 2 heterocycles. The summed E-state index contributed by atoms with van der Waals surface area (Å²) in [5.74, 6) is 0.665. The van der Waals surface area contributed by atoms with Crippen LogP contribution >= 0.6 is 23.1 Å². The van der Waals surface area contributed by atoms with Crippen LogP contribution in [0.4, 0.5) is 5.13 Å². The smallest absolute Gasteiger partial charge is 0.240 e. The van der Waals surface area contributed by atoms with Gasteiger partial charge in [0, 0.05) is 11.6 Å². The molecule has 86 valence electrons. The molecule has 0 aliphatic carbocycles. The number of carbonyl (C=O) groups excluding carboxylic acids is 1. The lowest BCUT2D eigenvalue weighted by Gasteiger charge is -2.21. The molecule has 1 aliphatic rings. The Morgan fingerprint density at radius 3 is 2.82 bits per heavy atom. The van der Waals surface area contributed by atoms with Crippen LogP contribution in [0.25, 0.3) is 0 Å². The van der Waals surface area contributed by atoms with Gasteiger partial charge in [-0.2, -0.15) is 0 Å². The van der Waals surface area contributed by atoms with Crippen LogP contribution < -0.4 is 4.90 Å². The maximum absolute atomic E-state index is 11.9. The third kappa shape index (κ3) is 1.96. The minimum atomic E-state index is 0.0647. The molecule has 1 saturated heterocycles. The van der Waals surface area contributed by atoms with E-state index in [9.17, 15) is 4.79 Å². The van der Waals surface area contributed by atoms with Crippen molar-refractivity contribution in [1.82, 2.24) is 4.98 Å². The zero-order chi connectivity index (χ0) is 11.7. The molecule has 0 bridgehead atoms. The second-order valence-electron chi connectivity index (χ2n) is 3.65. The van der Waals surface area contributed by atoms with E-state index in [4.69, 9.17) is 0 Å². The van der Waals surface area contributed by atoms with E-state index < -0.39 is 0 Å². The number of nitrogens with zero attached hydrogens (tertiary/aromatic N) is 2. The molecule has 1 unspecified atom stereocenters. The maximum atomic E-state index is 11.9. The molecule has 1 aliphatic heterocycles. The Hall–Kier alpha value is -1.33. The lowest BCUT2D eigenvalue weighted by molar-refractivity contribution is -0.115. The highest BCUT2D eigenvalue weighted by molar-refractivity contribution is 8.00. The fourth-order valence-electron chi connectivity index (χ4n) is 1.83. The van der Waals surface area contributed by atoms with Gasteiger partial charge in [0.25, 0.3) is 0 Å². The zero-order valence-corrected chi connectivity index (χ0v) is 10.6. The highest BCUT2D eigenvalue weighted by Crippen LogP contribution is 2.41. The quantitative estimate of drug-likeness (QED) is 0.834. The van der Waals surface area contributed by atoms with Gasteiger partial charge in [0.05, 0.1) is 5.75 Å². The number of anilines is 1. The second-order valence-corrected chi connectivity index (χ2v) is 5.59. The molecule has 0 saturated carbocycles. The van der Waals surface area contributed by atoms with Crippen LogP contribution in [0.5, 0.6) is 0 Å². The molecule has 2 aromatic rings. The molecule has 0 N–H and O–H groups in total. The summed E-state index contributed by atoms with van der Waals surface area (Å²) in [4.78, 5) is 18.0. The molecule has 1 aromatic carbocycles. The van der Waals surface area contributed by atoms with Crippen molar-refractivity contribution in [3.8, 4) is 0 Å². The first kappa shape index (κ1) is 10.8. The summed E-state index contributed by atoms with van der Waals surface area (Å²) in [5, 5.41) is 2.75. The Kier molecular flexibility index (Phi) is 2.86. The molecule has 0 radical (unpaired) electrons. The normalized spacial score (nSPS) is 19.9. The Labute approximate surface area is 107 Å².